The fraction of sp³-hybridized carbons (Fsp3) is 1.00. The summed E-state index contributed by atoms with van der Waals surface area (Å²) in [5.74, 6) is 0. The summed E-state index contributed by atoms with van der Waals surface area (Å²) in [7, 11) is 1.97. The molecule has 4 nitrogen and oxygen atoms in total. The minimum atomic E-state index is -2.49. The Morgan fingerprint density at radius 1 is 0.500 bits per heavy atom. The monoisotopic (exact) mass is 501 g/mol. The van der Waals surface area contributed by atoms with E-state index < -0.39 is 8.80 Å². The number of nitrogens with zero attached hydrogens (tertiary/aromatic N) is 1. The lowest BCUT2D eigenvalue weighted by atomic mass is 10.0. The highest BCUT2D eigenvalue weighted by molar-refractivity contribution is 6.60. The van der Waals surface area contributed by atoms with Gasteiger partial charge in [0.05, 0.1) is 0 Å². The second kappa shape index (κ2) is 24.7. The van der Waals surface area contributed by atoms with Gasteiger partial charge in [-0.25, -0.2) is 0 Å². The van der Waals surface area contributed by atoms with E-state index in [-0.39, 0.29) is 0 Å². The van der Waals surface area contributed by atoms with Crippen LogP contribution in [-0.4, -0.2) is 53.7 Å². The van der Waals surface area contributed by atoms with E-state index in [4.69, 9.17) is 13.3 Å². The largest absolute Gasteiger partial charge is 0.500 e. The van der Waals surface area contributed by atoms with Gasteiger partial charge >= 0.3 is 8.80 Å². The molecule has 0 aliphatic carbocycles. The van der Waals surface area contributed by atoms with Crippen LogP contribution in [0.25, 0.3) is 0 Å². The first-order valence-corrected chi connectivity index (χ1v) is 17.1. The molecule has 0 saturated carbocycles. The third-order valence-electron chi connectivity index (χ3n) is 6.98. The van der Waals surface area contributed by atoms with E-state index in [0.29, 0.717) is 25.9 Å². The molecule has 0 fully saturated rings. The van der Waals surface area contributed by atoms with E-state index in [1.165, 1.54) is 109 Å². The number of unbranched alkanes of at least 4 members (excludes halogenated alkanes) is 14. The molecule has 206 valence electrons. The van der Waals surface area contributed by atoms with Crippen molar-refractivity contribution in [2.24, 2.45) is 0 Å². The van der Waals surface area contributed by atoms with E-state index in [1.54, 1.807) is 0 Å². The highest BCUT2D eigenvalue weighted by atomic mass is 28.4. The van der Waals surface area contributed by atoms with Crippen LogP contribution in [0.5, 0.6) is 0 Å². The van der Waals surface area contributed by atoms with Crippen LogP contribution in [0, 0.1) is 0 Å². The lowest BCUT2D eigenvalue weighted by Crippen LogP contribution is -2.46. The molecule has 0 aromatic heterocycles. The summed E-state index contributed by atoms with van der Waals surface area (Å²) in [4.78, 5) is 2.41. The van der Waals surface area contributed by atoms with E-state index in [1.807, 2.05) is 20.8 Å². The minimum absolute atomic E-state index is 0.651. The molecule has 0 aliphatic heterocycles. The van der Waals surface area contributed by atoms with Gasteiger partial charge in [0, 0.05) is 31.9 Å². The summed E-state index contributed by atoms with van der Waals surface area (Å²) in [5, 5.41) is 0. The number of hydrogen-bond donors (Lipinski definition) is 0. The van der Waals surface area contributed by atoms with Gasteiger partial charge in [-0.15, -0.1) is 0 Å². The first-order valence-electron chi connectivity index (χ1n) is 15.1. The third kappa shape index (κ3) is 19.3. The quantitative estimate of drug-likeness (QED) is 0.0829. The van der Waals surface area contributed by atoms with Gasteiger partial charge in [-0.05, 0) is 54.1 Å². The Labute approximate surface area is 216 Å². The van der Waals surface area contributed by atoms with Gasteiger partial charge in [0.2, 0.25) is 0 Å². The highest BCUT2D eigenvalue weighted by Gasteiger charge is 2.39. The molecule has 0 aliphatic rings. The Morgan fingerprint density at radius 3 is 1.21 bits per heavy atom. The normalized spacial score (nSPS) is 13.1. The van der Waals surface area contributed by atoms with Crippen LogP contribution >= 0.6 is 0 Å². The van der Waals surface area contributed by atoms with Crippen molar-refractivity contribution in [3.8, 4) is 0 Å². The molecule has 0 saturated heterocycles. The summed E-state index contributed by atoms with van der Waals surface area (Å²) in [6.07, 6.45) is 25.1. The average molecular weight is 502 g/mol. The van der Waals surface area contributed by atoms with Gasteiger partial charge in [-0.3, -0.25) is 0 Å². The summed E-state index contributed by atoms with van der Waals surface area (Å²) >= 11 is 0. The van der Waals surface area contributed by atoms with Crippen molar-refractivity contribution in [3.05, 3.63) is 0 Å². The van der Waals surface area contributed by atoms with Crippen LogP contribution in [0.2, 0.25) is 6.04 Å². The van der Waals surface area contributed by atoms with Gasteiger partial charge in [-0.2, -0.15) is 0 Å². The van der Waals surface area contributed by atoms with Crippen molar-refractivity contribution < 1.29 is 13.3 Å². The Bertz CT molecular complexity index is 392. The lowest BCUT2D eigenvalue weighted by molar-refractivity contribution is 0.0700. The molecule has 0 aromatic carbocycles. The van der Waals surface area contributed by atoms with Gasteiger partial charge in [0.15, 0.2) is 0 Å². The molecule has 34 heavy (non-hydrogen) atoms. The van der Waals surface area contributed by atoms with Crippen LogP contribution in [0.4, 0.5) is 0 Å². The van der Waals surface area contributed by atoms with Gasteiger partial charge in [0.1, 0.15) is 0 Å². The second-order valence-corrected chi connectivity index (χ2v) is 13.0. The Morgan fingerprint density at radius 2 is 0.853 bits per heavy atom. The fourth-order valence-electron chi connectivity index (χ4n) is 4.97. The van der Waals surface area contributed by atoms with Crippen LogP contribution < -0.4 is 0 Å². The van der Waals surface area contributed by atoms with Gasteiger partial charge in [0.25, 0.3) is 0 Å². The molecule has 1 atom stereocenters. The smallest absolute Gasteiger partial charge is 0.374 e. The predicted molar refractivity (Wildman–Crippen MR) is 152 cm³/mol. The van der Waals surface area contributed by atoms with E-state index >= 15 is 0 Å². The molecule has 0 radical (unpaired) electrons. The molecule has 0 amide bonds. The Balaban J connectivity index is 3.83. The van der Waals surface area contributed by atoms with E-state index in [2.05, 4.69) is 25.9 Å². The van der Waals surface area contributed by atoms with Crippen LogP contribution in [0.3, 0.4) is 0 Å². The van der Waals surface area contributed by atoms with Crippen molar-refractivity contribution in [2.45, 2.75) is 155 Å². The maximum absolute atomic E-state index is 6.02. The Hall–Kier alpha value is 0.0569. The van der Waals surface area contributed by atoms with Crippen LogP contribution in [0.15, 0.2) is 0 Å². The minimum Gasteiger partial charge on any atom is -0.374 e. The van der Waals surface area contributed by atoms with Gasteiger partial charge in [-0.1, -0.05) is 103 Å². The molecule has 0 heterocycles. The van der Waals surface area contributed by atoms with Crippen molar-refractivity contribution in [1.82, 2.24) is 4.90 Å². The van der Waals surface area contributed by atoms with Gasteiger partial charge < -0.3 is 18.2 Å². The maximum atomic E-state index is 6.02. The lowest BCUT2D eigenvalue weighted by Gasteiger charge is -2.30. The van der Waals surface area contributed by atoms with Crippen molar-refractivity contribution in [1.29, 1.82) is 0 Å². The average Bonchev–Trinajstić information content (AvgIpc) is 2.80. The second-order valence-electron chi connectivity index (χ2n) is 10.2. The summed E-state index contributed by atoms with van der Waals surface area (Å²) in [6.45, 7) is 10.4. The van der Waals surface area contributed by atoms with Crippen molar-refractivity contribution >= 4 is 8.80 Å². The molecule has 1 unspecified atom stereocenters. The molecule has 0 spiro atoms. The fourth-order valence-corrected chi connectivity index (χ4v) is 7.61. The summed E-state index contributed by atoms with van der Waals surface area (Å²) in [5.41, 5.74) is 0. The summed E-state index contributed by atoms with van der Waals surface area (Å²) in [6, 6.07) is 1.59. The standard InChI is InChI=1S/C29H63NO3Si/c1-7-11-12-13-14-15-16-17-18-19-20-21-22-23-24-26-29(30(5)6)27-25-28-34(31-8-2,32-9-3)33-10-4/h29H,7-28H2,1-6H3. The molecular formula is C29H63NO3Si. The SMILES string of the molecule is CCCCCCCCCCCCCCCCCC(CCC[Si](OCC)(OCC)OCC)N(C)C. The first-order chi connectivity index (χ1) is 16.5. The Kier molecular flexibility index (Phi) is 24.8. The summed E-state index contributed by atoms with van der Waals surface area (Å²) < 4.78 is 18.1. The van der Waals surface area contributed by atoms with Crippen molar-refractivity contribution in [3.63, 3.8) is 0 Å². The number of hydrogen-bond acceptors (Lipinski definition) is 4. The van der Waals surface area contributed by atoms with E-state index in [0.717, 1.165) is 12.5 Å². The van der Waals surface area contributed by atoms with Crippen LogP contribution in [0.1, 0.15) is 143 Å². The zero-order chi connectivity index (χ0) is 25.3. The molecule has 0 N–H and O–H groups in total. The van der Waals surface area contributed by atoms with E-state index in [9.17, 15) is 0 Å². The number of rotatable bonds is 27. The molecule has 0 rings (SSSR count). The molecule has 0 bridgehead atoms. The highest BCUT2D eigenvalue weighted by Crippen LogP contribution is 2.23. The predicted octanol–water partition coefficient (Wildman–Crippen LogP) is 9.01. The molecular weight excluding hydrogens is 438 g/mol. The maximum Gasteiger partial charge on any atom is 0.500 e. The zero-order valence-corrected chi connectivity index (χ0v) is 25.3. The third-order valence-corrected chi connectivity index (χ3v) is 10.1. The van der Waals surface area contributed by atoms with Crippen molar-refractivity contribution in [2.75, 3.05) is 33.9 Å². The molecule has 5 heteroatoms. The molecule has 0 aromatic rings. The topological polar surface area (TPSA) is 30.9 Å². The first kappa shape index (κ1) is 34.1. The zero-order valence-electron chi connectivity index (χ0n) is 24.3. The van der Waals surface area contributed by atoms with Crippen LogP contribution in [-0.2, 0) is 13.3 Å².